The molecule has 3 N–H and O–H groups in total. The number of carbonyl (C=O) groups is 2. The van der Waals surface area contributed by atoms with Crippen LogP contribution >= 0.6 is 0 Å². The highest BCUT2D eigenvalue weighted by molar-refractivity contribution is 5.82. The number of aliphatic carboxylic acids is 1. The van der Waals surface area contributed by atoms with Gasteiger partial charge in [-0.05, 0) is 26.7 Å². The molecule has 1 unspecified atom stereocenters. The first-order valence-electron chi connectivity index (χ1n) is 5.74. The summed E-state index contributed by atoms with van der Waals surface area (Å²) in [5.41, 5.74) is -0.337. The van der Waals surface area contributed by atoms with Crippen molar-refractivity contribution in [2.24, 2.45) is 0 Å². The largest absolute Gasteiger partial charge is 0.480 e. The number of carboxylic acids is 1. The minimum Gasteiger partial charge on any atom is -0.480 e. The summed E-state index contributed by atoms with van der Waals surface area (Å²) in [6.07, 6.45) is 3.45. The maximum atomic E-state index is 11.6. The fourth-order valence-electron chi connectivity index (χ4n) is 1.58. The lowest BCUT2D eigenvalue weighted by Gasteiger charge is -2.26. The van der Waals surface area contributed by atoms with E-state index >= 15 is 0 Å². The van der Waals surface area contributed by atoms with Gasteiger partial charge < -0.3 is 15.7 Å². The van der Waals surface area contributed by atoms with Crippen molar-refractivity contribution in [1.29, 1.82) is 0 Å². The molecule has 0 radical (unpaired) electrons. The van der Waals surface area contributed by atoms with Gasteiger partial charge in [-0.15, -0.1) is 6.58 Å². The van der Waals surface area contributed by atoms with Crippen LogP contribution in [0, 0.1) is 0 Å². The van der Waals surface area contributed by atoms with Crippen LogP contribution in [-0.4, -0.2) is 28.7 Å². The number of carbonyl (C=O) groups excluding carboxylic acids is 1. The van der Waals surface area contributed by atoms with Crippen LogP contribution in [0.25, 0.3) is 0 Å². The van der Waals surface area contributed by atoms with Crippen molar-refractivity contribution in [1.82, 2.24) is 10.6 Å². The molecule has 2 amide bonds. The van der Waals surface area contributed by atoms with E-state index in [1.807, 2.05) is 20.8 Å². The maximum Gasteiger partial charge on any atom is 0.326 e. The van der Waals surface area contributed by atoms with E-state index in [0.717, 1.165) is 12.8 Å². The van der Waals surface area contributed by atoms with Crippen LogP contribution in [0.1, 0.15) is 40.0 Å². The highest BCUT2D eigenvalue weighted by atomic mass is 16.4. The van der Waals surface area contributed by atoms with E-state index in [4.69, 9.17) is 5.11 Å². The molecule has 0 saturated heterocycles. The van der Waals surface area contributed by atoms with Crippen LogP contribution in [0.3, 0.4) is 0 Å². The third kappa shape index (κ3) is 6.60. The Hall–Kier alpha value is -1.52. The smallest absolute Gasteiger partial charge is 0.326 e. The van der Waals surface area contributed by atoms with E-state index in [0.29, 0.717) is 0 Å². The van der Waals surface area contributed by atoms with Gasteiger partial charge in [-0.3, -0.25) is 0 Å². The summed E-state index contributed by atoms with van der Waals surface area (Å²) >= 11 is 0. The molecule has 0 spiro atoms. The SMILES string of the molecule is C=CCC(NC(=O)NC(C)(C)CCC)C(=O)O. The molecular weight excluding hydrogens is 220 g/mol. The molecule has 1 atom stereocenters. The summed E-state index contributed by atoms with van der Waals surface area (Å²) in [6.45, 7) is 9.29. The summed E-state index contributed by atoms with van der Waals surface area (Å²) < 4.78 is 0. The van der Waals surface area contributed by atoms with Gasteiger partial charge >= 0.3 is 12.0 Å². The fourth-order valence-corrected chi connectivity index (χ4v) is 1.58. The van der Waals surface area contributed by atoms with Crippen LogP contribution in [0.5, 0.6) is 0 Å². The lowest BCUT2D eigenvalue weighted by molar-refractivity contribution is -0.139. The number of carboxylic acid groups (broad SMARTS) is 1. The maximum absolute atomic E-state index is 11.6. The first kappa shape index (κ1) is 15.5. The van der Waals surface area contributed by atoms with Crippen molar-refractivity contribution in [2.45, 2.75) is 51.6 Å². The molecular formula is C12H22N2O3. The third-order valence-corrected chi connectivity index (χ3v) is 2.33. The van der Waals surface area contributed by atoms with Gasteiger partial charge in [0.1, 0.15) is 6.04 Å². The number of urea groups is 1. The zero-order chi connectivity index (χ0) is 13.5. The van der Waals surface area contributed by atoms with E-state index in [1.54, 1.807) is 0 Å². The first-order chi connectivity index (χ1) is 7.82. The predicted octanol–water partition coefficient (Wildman–Crippen LogP) is 1.89. The van der Waals surface area contributed by atoms with Crippen LogP contribution in [0.2, 0.25) is 0 Å². The van der Waals surface area contributed by atoms with Gasteiger partial charge in [0.05, 0.1) is 0 Å². The van der Waals surface area contributed by atoms with Crippen molar-refractivity contribution in [3.8, 4) is 0 Å². The summed E-state index contributed by atoms with van der Waals surface area (Å²) in [5, 5.41) is 14.0. The highest BCUT2D eigenvalue weighted by Gasteiger charge is 2.23. The predicted molar refractivity (Wildman–Crippen MR) is 66.9 cm³/mol. The van der Waals surface area contributed by atoms with E-state index in [9.17, 15) is 9.59 Å². The molecule has 5 heteroatoms. The molecule has 0 aromatic carbocycles. The summed E-state index contributed by atoms with van der Waals surface area (Å²) in [7, 11) is 0. The minimum atomic E-state index is -1.06. The Labute approximate surface area is 102 Å². The molecule has 0 aromatic heterocycles. The molecule has 0 aliphatic rings. The van der Waals surface area contributed by atoms with Gasteiger partial charge in [0.15, 0.2) is 0 Å². The molecule has 0 fully saturated rings. The van der Waals surface area contributed by atoms with Gasteiger partial charge in [-0.25, -0.2) is 9.59 Å². The van der Waals surface area contributed by atoms with E-state index in [-0.39, 0.29) is 12.0 Å². The number of hydrogen-bond acceptors (Lipinski definition) is 2. The standard InChI is InChI=1S/C12H22N2O3/c1-5-7-9(10(15)16)13-11(17)14-12(3,4)8-6-2/h5,9H,1,6-8H2,2-4H3,(H,15,16)(H2,13,14,17). The number of rotatable bonds is 7. The van der Waals surface area contributed by atoms with Gasteiger partial charge in [-0.2, -0.15) is 0 Å². The summed E-state index contributed by atoms with van der Waals surface area (Å²) in [5.74, 6) is -1.06. The monoisotopic (exact) mass is 242 g/mol. The molecule has 0 heterocycles. The second-order valence-corrected chi connectivity index (χ2v) is 4.65. The first-order valence-corrected chi connectivity index (χ1v) is 5.74. The Bertz CT molecular complexity index is 287. The van der Waals surface area contributed by atoms with Crippen molar-refractivity contribution in [2.75, 3.05) is 0 Å². The average Bonchev–Trinajstić information content (AvgIpc) is 2.15. The molecule has 0 saturated carbocycles. The average molecular weight is 242 g/mol. The van der Waals surface area contributed by atoms with Crippen LogP contribution in [0.4, 0.5) is 4.79 Å². The zero-order valence-electron chi connectivity index (χ0n) is 10.7. The van der Waals surface area contributed by atoms with Crippen LogP contribution < -0.4 is 10.6 Å². The molecule has 0 rings (SSSR count). The zero-order valence-corrected chi connectivity index (χ0v) is 10.7. The minimum absolute atomic E-state index is 0.205. The van der Waals surface area contributed by atoms with Crippen molar-refractivity contribution < 1.29 is 14.7 Å². The second kappa shape index (κ2) is 6.93. The lowest BCUT2D eigenvalue weighted by Crippen LogP contribution is -2.52. The van der Waals surface area contributed by atoms with Crippen LogP contribution in [-0.2, 0) is 4.79 Å². The number of nitrogens with one attached hydrogen (secondary N) is 2. The Balaban J connectivity index is 4.32. The van der Waals surface area contributed by atoms with E-state index in [2.05, 4.69) is 17.2 Å². The Kier molecular flexibility index (Phi) is 6.31. The molecule has 98 valence electrons. The van der Waals surface area contributed by atoms with Gasteiger partial charge in [0.25, 0.3) is 0 Å². The van der Waals surface area contributed by atoms with Gasteiger partial charge in [0.2, 0.25) is 0 Å². The van der Waals surface area contributed by atoms with Crippen molar-refractivity contribution in [3.05, 3.63) is 12.7 Å². The summed E-state index contributed by atoms with van der Waals surface area (Å²) in [4.78, 5) is 22.4. The van der Waals surface area contributed by atoms with Crippen molar-refractivity contribution >= 4 is 12.0 Å². The molecule has 5 nitrogen and oxygen atoms in total. The fraction of sp³-hybridized carbons (Fsp3) is 0.667. The third-order valence-electron chi connectivity index (χ3n) is 2.33. The quantitative estimate of drug-likeness (QED) is 0.596. The topological polar surface area (TPSA) is 78.4 Å². The van der Waals surface area contributed by atoms with Gasteiger partial charge in [-0.1, -0.05) is 19.4 Å². The van der Waals surface area contributed by atoms with Crippen molar-refractivity contribution in [3.63, 3.8) is 0 Å². The number of hydrogen-bond donors (Lipinski definition) is 3. The Morgan fingerprint density at radius 1 is 1.47 bits per heavy atom. The lowest BCUT2D eigenvalue weighted by atomic mass is 9.99. The second-order valence-electron chi connectivity index (χ2n) is 4.65. The van der Waals surface area contributed by atoms with E-state index in [1.165, 1.54) is 6.08 Å². The normalized spacial score (nSPS) is 12.6. The van der Waals surface area contributed by atoms with E-state index < -0.39 is 18.0 Å². The van der Waals surface area contributed by atoms with Gasteiger partial charge in [0, 0.05) is 5.54 Å². The molecule has 0 bridgehead atoms. The highest BCUT2D eigenvalue weighted by Crippen LogP contribution is 2.10. The molecule has 0 aliphatic heterocycles. The molecule has 0 aliphatic carbocycles. The Morgan fingerprint density at radius 2 is 2.06 bits per heavy atom. The molecule has 17 heavy (non-hydrogen) atoms. The molecule has 0 aromatic rings. The Morgan fingerprint density at radius 3 is 2.47 bits per heavy atom. The number of amides is 2. The summed E-state index contributed by atoms with van der Waals surface area (Å²) in [6, 6.07) is -1.39. The van der Waals surface area contributed by atoms with Crippen LogP contribution in [0.15, 0.2) is 12.7 Å².